The molecule has 0 aliphatic carbocycles. The molecule has 2 aliphatic heterocycles. The van der Waals surface area contributed by atoms with Gasteiger partial charge in [0.2, 0.25) is 5.95 Å². The number of ether oxygens (including phenoxy) is 1. The Morgan fingerprint density at radius 3 is 2.78 bits per heavy atom. The van der Waals surface area contributed by atoms with Crippen LogP contribution >= 0.6 is 0 Å². The van der Waals surface area contributed by atoms with Crippen LogP contribution < -0.4 is 26.4 Å². The van der Waals surface area contributed by atoms with Crippen LogP contribution in [0.3, 0.4) is 0 Å². The summed E-state index contributed by atoms with van der Waals surface area (Å²) in [6.45, 7) is 5.23. The molecular formula is C25H32F2N10O4. The standard InChI is InChI=1S/C25H32F2N10O4/c1-25(2)12-14(9-15-5-4-7-36(15)25)30-21-17(27)13-29-22(32-21)31-18-11-19(37-24(40)35(3)33-34-37)20(10-16(18)26)41-8-6-28-23(38)39/h10-11,13-15,28H,4-9,12H2,1-3H3,(H,38,39)(H2,29,30,31,32)/t14-,15-/m1/s1. The van der Waals surface area contributed by atoms with E-state index in [1.807, 2.05) is 0 Å². The predicted octanol–water partition coefficient (Wildman–Crippen LogP) is 2.24. The lowest BCUT2D eigenvalue weighted by atomic mass is 9.84. The van der Waals surface area contributed by atoms with Gasteiger partial charge in [0, 0.05) is 30.7 Å². The monoisotopic (exact) mass is 574 g/mol. The predicted molar refractivity (Wildman–Crippen MR) is 144 cm³/mol. The number of aromatic nitrogens is 6. The lowest BCUT2D eigenvalue weighted by Gasteiger charge is -2.47. The maximum atomic E-state index is 15.2. The van der Waals surface area contributed by atoms with E-state index in [4.69, 9.17) is 9.84 Å². The highest BCUT2D eigenvalue weighted by Crippen LogP contribution is 2.38. The summed E-state index contributed by atoms with van der Waals surface area (Å²) in [6, 6.07) is 2.69. The number of carboxylic acid groups (broad SMARTS) is 1. The third kappa shape index (κ3) is 6.06. The summed E-state index contributed by atoms with van der Waals surface area (Å²) in [6.07, 6.45) is 3.69. The minimum atomic E-state index is -1.24. The molecule has 2 aromatic heterocycles. The van der Waals surface area contributed by atoms with Crippen LogP contribution in [0.1, 0.15) is 39.5 Å². The SMILES string of the molecule is Cn1nnn(-c2cc(Nc3ncc(F)c(N[C@@H]4C[C@H]5CCCN5C(C)(C)C4)n3)c(F)cc2OCCNC(=O)O)c1=O. The summed E-state index contributed by atoms with van der Waals surface area (Å²) < 4.78 is 37.4. The van der Waals surface area contributed by atoms with E-state index in [0.29, 0.717) is 6.04 Å². The van der Waals surface area contributed by atoms with E-state index >= 15 is 4.39 Å². The fourth-order valence-electron chi connectivity index (χ4n) is 5.67. The average Bonchev–Trinajstić information content (AvgIpc) is 3.52. The van der Waals surface area contributed by atoms with E-state index in [-0.39, 0.29) is 53.6 Å². The number of anilines is 3. The van der Waals surface area contributed by atoms with Crippen molar-refractivity contribution in [2.75, 3.05) is 30.3 Å². The Morgan fingerprint density at radius 2 is 2.05 bits per heavy atom. The van der Waals surface area contributed by atoms with Crippen molar-refractivity contribution < 1.29 is 23.4 Å². The van der Waals surface area contributed by atoms with Crippen LogP contribution in [-0.2, 0) is 7.05 Å². The molecule has 0 bridgehead atoms. The fourth-order valence-corrected chi connectivity index (χ4v) is 5.67. The Bertz CT molecular complexity index is 1490. The largest absolute Gasteiger partial charge is 0.489 e. The summed E-state index contributed by atoms with van der Waals surface area (Å²) in [5.41, 5.74) is -0.760. The second kappa shape index (κ2) is 11.3. The molecule has 4 heterocycles. The van der Waals surface area contributed by atoms with Crippen molar-refractivity contribution in [1.29, 1.82) is 0 Å². The highest BCUT2D eigenvalue weighted by atomic mass is 19.1. The van der Waals surface area contributed by atoms with Crippen LogP contribution in [0, 0.1) is 11.6 Å². The number of piperidine rings is 1. The van der Waals surface area contributed by atoms with Crippen molar-refractivity contribution in [1.82, 2.24) is 40.0 Å². The molecule has 3 aromatic rings. The van der Waals surface area contributed by atoms with Gasteiger partial charge in [-0.05, 0) is 62.6 Å². The van der Waals surface area contributed by atoms with Gasteiger partial charge in [0.15, 0.2) is 17.5 Å². The van der Waals surface area contributed by atoms with Gasteiger partial charge >= 0.3 is 11.8 Å². The van der Waals surface area contributed by atoms with E-state index in [0.717, 1.165) is 53.9 Å². The topological polar surface area (TPSA) is 164 Å². The summed E-state index contributed by atoms with van der Waals surface area (Å²) in [5, 5.41) is 24.3. The quantitative estimate of drug-likeness (QED) is 0.277. The van der Waals surface area contributed by atoms with Gasteiger partial charge in [-0.1, -0.05) is 0 Å². The zero-order valence-electron chi connectivity index (χ0n) is 22.9. The van der Waals surface area contributed by atoms with Crippen LogP contribution in [0.4, 0.5) is 31.0 Å². The number of tetrazole rings is 1. The number of carbonyl (C=O) groups is 1. The fraction of sp³-hybridized carbons (Fsp3) is 0.520. The molecule has 2 saturated heterocycles. The molecule has 1 amide bonds. The van der Waals surface area contributed by atoms with Crippen molar-refractivity contribution in [3.63, 3.8) is 0 Å². The van der Waals surface area contributed by atoms with Gasteiger partial charge < -0.3 is 25.8 Å². The van der Waals surface area contributed by atoms with Gasteiger partial charge in [-0.3, -0.25) is 4.90 Å². The molecule has 16 heteroatoms. The first-order valence-corrected chi connectivity index (χ1v) is 13.3. The van der Waals surface area contributed by atoms with Gasteiger partial charge in [-0.15, -0.1) is 0 Å². The van der Waals surface area contributed by atoms with Crippen LogP contribution in [0.2, 0.25) is 0 Å². The molecule has 41 heavy (non-hydrogen) atoms. The van der Waals surface area contributed by atoms with Gasteiger partial charge in [0.1, 0.15) is 18.0 Å². The van der Waals surface area contributed by atoms with E-state index in [2.05, 4.69) is 55.1 Å². The lowest BCUT2D eigenvalue weighted by molar-refractivity contribution is 0.0500. The number of hydrogen-bond acceptors (Lipinski definition) is 10. The Kier molecular flexibility index (Phi) is 7.75. The van der Waals surface area contributed by atoms with Crippen molar-refractivity contribution in [2.24, 2.45) is 7.05 Å². The number of rotatable bonds is 9. The minimum absolute atomic E-state index is 0.000480. The average molecular weight is 575 g/mol. The third-order valence-corrected chi connectivity index (χ3v) is 7.42. The second-order valence-electron chi connectivity index (χ2n) is 10.8. The maximum absolute atomic E-state index is 15.2. The number of aryl methyl sites for hydroxylation is 1. The first-order valence-electron chi connectivity index (χ1n) is 13.3. The normalized spacial score (nSPS) is 19.9. The zero-order valence-corrected chi connectivity index (χ0v) is 22.9. The van der Waals surface area contributed by atoms with E-state index in [9.17, 15) is 14.0 Å². The molecule has 0 saturated carbocycles. The van der Waals surface area contributed by atoms with Crippen molar-refractivity contribution in [3.8, 4) is 11.4 Å². The summed E-state index contributed by atoms with van der Waals surface area (Å²) in [5.74, 6) is -1.56. The number of hydrogen-bond donors (Lipinski definition) is 4. The molecule has 0 spiro atoms. The first-order chi connectivity index (χ1) is 19.5. The zero-order chi connectivity index (χ0) is 29.3. The molecule has 0 radical (unpaired) electrons. The number of fused-ring (bicyclic) bond motifs is 1. The third-order valence-electron chi connectivity index (χ3n) is 7.42. The van der Waals surface area contributed by atoms with Crippen LogP contribution in [0.15, 0.2) is 23.1 Å². The van der Waals surface area contributed by atoms with Crippen molar-refractivity contribution in [3.05, 3.63) is 40.4 Å². The Hall–Kier alpha value is -4.34. The van der Waals surface area contributed by atoms with Gasteiger partial charge in [-0.25, -0.2) is 23.4 Å². The van der Waals surface area contributed by atoms with Gasteiger partial charge in [-0.2, -0.15) is 14.3 Å². The number of amides is 1. The molecule has 2 aliphatic rings. The van der Waals surface area contributed by atoms with Crippen LogP contribution in [0.5, 0.6) is 5.75 Å². The van der Waals surface area contributed by atoms with Crippen LogP contribution in [0.25, 0.3) is 5.69 Å². The first kappa shape index (κ1) is 28.2. The Labute approximate surface area is 233 Å². The number of nitrogens with one attached hydrogen (secondary N) is 3. The molecular weight excluding hydrogens is 542 g/mol. The molecule has 2 atom stereocenters. The van der Waals surface area contributed by atoms with Crippen molar-refractivity contribution >= 4 is 23.5 Å². The van der Waals surface area contributed by atoms with E-state index in [1.54, 1.807) is 0 Å². The summed E-state index contributed by atoms with van der Waals surface area (Å²) >= 11 is 0. The lowest BCUT2D eigenvalue weighted by Crippen LogP contribution is -2.55. The highest BCUT2D eigenvalue weighted by Gasteiger charge is 2.43. The molecule has 2 fully saturated rings. The molecule has 14 nitrogen and oxygen atoms in total. The number of nitrogens with zero attached hydrogens (tertiary/aromatic N) is 7. The highest BCUT2D eigenvalue weighted by molar-refractivity contribution is 5.64. The molecule has 1 aromatic carbocycles. The summed E-state index contributed by atoms with van der Waals surface area (Å²) in [4.78, 5) is 34.0. The van der Waals surface area contributed by atoms with Crippen molar-refractivity contribution in [2.45, 2.75) is 57.2 Å². The summed E-state index contributed by atoms with van der Waals surface area (Å²) in [7, 11) is 1.39. The smallest absolute Gasteiger partial charge is 0.404 e. The molecule has 4 N–H and O–H groups in total. The molecule has 5 rings (SSSR count). The number of benzene rings is 1. The Morgan fingerprint density at radius 1 is 1.24 bits per heavy atom. The van der Waals surface area contributed by atoms with Crippen LogP contribution in [-0.4, -0.2) is 83.2 Å². The molecule has 0 unspecified atom stereocenters. The Balaban J connectivity index is 1.39. The molecule has 220 valence electrons. The van der Waals surface area contributed by atoms with Gasteiger partial charge in [0.25, 0.3) is 0 Å². The van der Waals surface area contributed by atoms with Gasteiger partial charge in [0.05, 0.1) is 18.4 Å². The van der Waals surface area contributed by atoms with E-state index in [1.165, 1.54) is 13.1 Å². The van der Waals surface area contributed by atoms with E-state index < -0.39 is 23.4 Å². The second-order valence-corrected chi connectivity index (χ2v) is 10.8. The minimum Gasteiger partial charge on any atom is -0.489 e. The number of halogens is 2. The maximum Gasteiger partial charge on any atom is 0.404 e.